The normalized spacial score (nSPS) is 20.2. The number of carbonyl (C=O) groups excluding carboxylic acids is 1. The van der Waals surface area contributed by atoms with E-state index in [1.165, 1.54) is 10.5 Å². The van der Waals surface area contributed by atoms with Gasteiger partial charge >= 0.3 is 5.97 Å². The Labute approximate surface area is 142 Å². The molecule has 3 heteroatoms. The Bertz CT molecular complexity index is 696. The number of fused-ring (bicyclic) bond motifs is 2. The van der Waals surface area contributed by atoms with E-state index < -0.39 is 11.0 Å². The van der Waals surface area contributed by atoms with Gasteiger partial charge in [0.1, 0.15) is 0 Å². The van der Waals surface area contributed by atoms with Crippen molar-refractivity contribution in [2.24, 2.45) is 5.41 Å². The van der Waals surface area contributed by atoms with Crippen molar-refractivity contribution in [3.8, 4) is 0 Å². The highest BCUT2D eigenvalue weighted by Gasteiger charge is 2.40. The smallest absolute Gasteiger partial charge is 0.312 e. The quantitative estimate of drug-likeness (QED) is 0.678. The molecule has 2 aromatic carbocycles. The van der Waals surface area contributed by atoms with Crippen LogP contribution >= 0.6 is 11.8 Å². The minimum atomic E-state index is -0.763. The summed E-state index contributed by atoms with van der Waals surface area (Å²) in [7, 11) is 0. The molecule has 120 valence electrons. The van der Waals surface area contributed by atoms with Crippen LogP contribution in [0, 0.1) is 5.41 Å². The van der Waals surface area contributed by atoms with Gasteiger partial charge in [0.25, 0.3) is 0 Å². The molecular formula is C20H22O2S. The van der Waals surface area contributed by atoms with Crippen LogP contribution in [0.25, 0.3) is 0 Å². The Kier molecular flexibility index (Phi) is 4.01. The maximum atomic E-state index is 12.6. The van der Waals surface area contributed by atoms with Crippen LogP contribution in [0.4, 0.5) is 0 Å². The number of benzene rings is 2. The highest BCUT2D eigenvalue weighted by Crippen LogP contribution is 2.45. The molecule has 3 rings (SSSR count). The van der Waals surface area contributed by atoms with Crippen LogP contribution in [0.5, 0.6) is 0 Å². The highest BCUT2D eigenvalue weighted by atomic mass is 32.2. The molecule has 1 aliphatic heterocycles. The molecule has 0 amide bonds. The van der Waals surface area contributed by atoms with Crippen molar-refractivity contribution in [3.63, 3.8) is 0 Å². The van der Waals surface area contributed by atoms with Crippen LogP contribution in [0.2, 0.25) is 0 Å². The summed E-state index contributed by atoms with van der Waals surface area (Å²) in [5, 5.41) is 0. The molecule has 0 fully saturated rings. The molecule has 1 heterocycles. The number of ether oxygens (including phenoxy) is 1. The summed E-state index contributed by atoms with van der Waals surface area (Å²) in [5.74, 6) is 0.701. The van der Waals surface area contributed by atoms with Gasteiger partial charge in [0, 0.05) is 21.8 Å². The van der Waals surface area contributed by atoms with Crippen molar-refractivity contribution in [2.45, 2.75) is 43.9 Å². The van der Waals surface area contributed by atoms with Crippen molar-refractivity contribution in [1.82, 2.24) is 0 Å². The van der Waals surface area contributed by atoms with Gasteiger partial charge in [-0.25, -0.2) is 0 Å². The lowest BCUT2D eigenvalue weighted by atomic mass is 9.84. The highest BCUT2D eigenvalue weighted by molar-refractivity contribution is 7.98. The summed E-state index contributed by atoms with van der Waals surface area (Å²) in [6.45, 7) is 7.69. The van der Waals surface area contributed by atoms with Gasteiger partial charge in [-0.15, -0.1) is 11.8 Å². The Morgan fingerprint density at radius 1 is 1.04 bits per heavy atom. The summed E-state index contributed by atoms with van der Waals surface area (Å²) in [6, 6.07) is 16.5. The third-order valence-corrected chi connectivity index (χ3v) is 5.35. The summed E-state index contributed by atoms with van der Waals surface area (Å²) >= 11 is 1.80. The lowest BCUT2D eigenvalue weighted by Gasteiger charge is -2.34. The van der Waals surface area contributed by atoms with Crippen molar-refractivity contribution in [3.05, 3.63) is 65.2 Å². The van der Waals surface area contributed by atoms with E-state index in [2.05, 4.69) is 24.3 Å². The zero-order chi connectivity index (χ0) is 16.7. The second-order valence-corrected chi connectivity index (χ2v) is 8.13. The van der Waals surface area contributed by atoms with Gasteiger partial charge in [-0.05, 0) is 39.3 Å². The largest absolute Gasteiger partial charge is 0.449 e. The number of hydrogen-bond acceptors (Lipinski definition) is 3. The van der Waals surface area contributed by atoms with Crippen molar-refractivity contribution in [2.75, 3.05) is 0 Å². The number of thioether (sulfide) groups is 1. The fourth-order valence-electron chi connectivity index (χ4n) is 2.85. The molecule has 0 radical (unpaired) electrons. The van der Waals surface area contributed by atoms with Crippen LogP contribution in [0.1, 0.15) is 44.4 Å². The minimum absolute atomic E-state index is 0.184. The fourth-order valence-corrected chi connectivity index (χ4v) is 4.00. The van der Waals surface area contributed by atoms with Gasteiger partial charge in [0.2, 0.25) is 0 Å². The van der Waals surface area contributed by atoms with Crippen LogP contribution in [-0.4, -0.2) is 5.97 Å². The maximum Gasteiger partial charge on any atom is 0.312 e. The molecule has 2 nitrogen and oxygen atoms in total. The summed E-state index contributed by atoms with van der Waals surface area (Å²) in [4.78, 5) is 13.8. The van der Waals surface area contributed by atoms with Crippen LogP contribution < -0.4 is 0 Å². The molecule has 0 spiro atoms. The fraction of sp³-hybridized carbons (Fsp3) is 0.350. The van der Waals surface area contributed by atoms with Gasteiger partial charge in [-0.1, -0.05) is 42.5 Å². The first-order valence-electron chi connectivity index (χ1n) is 7.86. The first-order valence-corrected chi connectivity index (χ1v) is 8.85. The van der Waals surface area contributed by atoms with Gasteiger partial charge in [0.15, 0.2) is 5.60 Å². The average molecular weight is 326 g/mol. The molecule has 0 saturated heterocycles. The lowest BCUT2D eigenvalue weighted by molar-refractivity contribution is -0.165. The summed E-state index contributed by atoms with van der Waals surface area (Å²) < 4.78 is 6.12. The van der Waals surface area contributed by atoms with Gasteiger partial charge in [-0.3, -0.25) is 4.79 Å². The van der Waals surface area contributed by atoms with E-state index in [9.17, 15) is 4.79 Å². The Morgan fingerprint density at radius 2 is 1.65 bits per heavy atom. The SMILES string of the molecule is CC(C)(C)C(=O)OC1(C)c2ccccc2CSc2ccccc21. The molecular weight excluding hydrogens is 304 g/mol. The topological polar surface area (TPSA) is 26.3 Å². The Morgan fingerprint density at radius 3 is 2.35 bits per heavy atom. The van der Waals surface area contributed by atoms with Crippen molar-refractivity contribution in [1.29, 1.82) is 0 Å². The van der Waals surface area contributed by atoms with Crippen LogP contribution in [-0.2, 0) is 20.9 Å². The number of hydrogen-bond donors (Lipinski definition) is 0. The molecule has 0 N–H and O–H groups in total. The zero-order valence-electron chi connectivity index (χ0n) is 14.1. The first-order chi connectivity index (χ1) is 10.8. The molecule has 0 saturated carbocycles. The van der Waals surface area contributed by atoms with E-state index >= 15 is 0 Å². The molecule has 1 unspecified atom stereocenters. The Balaban J connectivity index is 2.19. The van der Waals surface area contributed by atoms with Crippen LogP contribution in [0.3, 0.4) is 0 Å². The predicted octanol–water partition coefficient (Wildman–Crippen LogP) is 5.15. The maximum absolute atomic E-state index is 12.6. The van der Waals surface area contributed by atoms with E-state index in [0.29, 0.717) is 0 Å². The summed E-state index contributed by atoms with van der Waals surface area (Å²) in [5.41, 5.74) is 2.06. The van der Waals surface area contributed by atoms with E-state index in [1.54, 1.807) is 11.8 Å². The second-order valence-electron chi connectivity index (χ2n) is 7.11. The molecule has 1 atom stereocenters. The molecule has 0 aromatic heterocycles. The van der Waals surface area contributed by atoms with E-state index in [4.69, 9.17) is 4.74 Å². The zero-order valence-corrected chi connectivity index (χ0v) is 14.9. The van der Waals surface area contributed by atoms with E-state index in [0.717, 1.165) is 16.9 Å². The molecule has 0 bridgehead atoms. The minimum Gasteiger partial charge on any atom is -0.449 e. The monoisotopic (exact) mass is 326 g/mol. The number of carbonyl (C=O) groups is 1. The third kappa shape index (κ3) is 2.90. The summed E-state index contributed by atoms with van der Waals surface area (Å²) in [6.07, 6.45) is 0. The van der Waals surface area contributed by atoms with Crippen molar-refractivity contribution < 1.29 is 9.53 Å². The molecule has 2 aromatic rings. The molecule has 23 heavy (non-hydrogen) atoms. The predicted molar refractivity (Wildman–Crippen MR) is 94.4 cm³/mol. The van der Waals surface area contributed by atoms with E-state index in [-0.39, 0.29) is 5.97 Å². The number of rotatable bonds is 1. The van der Waals surface area contributed by atoms with Gasteiger partial charge in [-0.2, -0.15) is 0 Å². The van der Waals surface area contributed by atoms with Gasteiger partial charge in [0.05, 0.1) is 5.41 Å². The van der Waals surface area contributed by atoms with E-state index in [1.807, 2.05) is 52.0 Å². The molecule has 1 aliphatic rings. The first kappa shape index (κ1) is 16.1. The Hall–Kier alpha value is -1.74. The lowest BCUT2D eigenvalue weighted by Crippen LogP contribution is -2.36. The van der Waals surface area contributed by atoms with Gasteiger partial charge < -0.3 is 4.74 Å². The third-order valence-electron chi connectivity index (χ3n) is 4.22. The molecule has 0 aliphatic carbocycles. The van der Waals surface area contributed by atoms with Crippen LogP contribution in [0.15, 0.2) is 53.4 Å². The number of esters is 1. The second kappa shape index (κ2) is 5.72. The standard InChI is InChI=1S/C20H22O2S/c1-19(2,3)18(21)22-20(4)15-10-6-5-9-14(15)13-23-17-12-8-7-11-16(17)20/h5-12H,13H2,1-4H3. The van der Waals surface area contributed by atoms with Crippen molar-refractivity contribution >= 4 is 17.7 Å². The average Bonchev–Trinajstić information content (AvgIpc) is 2.63.